The normalized spacial score (nSPS) is 7.86. The number of rotatable bonds is 2. The molecule has 0 N–H and O–H groups in total. The van der Waals surface area contributed by atoms with E-state index in [9.17, 15) is 4.79 Å². The van der Waals surface area contributed by atoms with Gasteiger partial charge in [-0.1, -0.05) is 18.2 Å². The van der Waals surface area contributed by atoms with Crippen molar-refractivity contribution in [1.29, 1.82) is 0 Å². The molecule has 1 rings (SSSR count). The molecule has 0 fully saturated rings. The Morgan fingerprint density at radius 2 is 0.603 bits per heavy atom. The molecule has 0 spiro atoms. The van der Waals surface area contributed by atoms with E-state index in [1.54, 1.807) is 6.92 Å². The van der Waals surface area contributed by atoms with Crippen LogP contribution in [0.4, 0.5) is 0 Å². The van der Waals surface area contributed by atoms with Crippen LogP contribution in [-0.4, -0.2) is 5.78 Å². The van der Waals surface area contributed by atoms with Crippen LogP contribution in [0, 0.1) is 279 Å². The summed E-state index contributed by atoms with van der Waals surface area (Å²) in [6.45, 7) is 7.65. The van der Waals surface area contributed by atoms with E-state index < -0.39 is 0 Å². The third kappa shape index (κ3) is 34.9. The fourth-order valence-corrected chi connectivity index (χ4v) is 2.92. The summed E-state index contributed by atoms with van der Waals surface area (Å²) in [5.74, 6) is 109. The van der Waals surface area contributed by atoms with Gasteiger partial charge in [-0.15, -0.1) is 12.8 Å². The van der Waals surface area contributed by atoms with Gasteiger partial charge in [-0.25, -0.2) is 0 Å². The Balaban J connectivity index is 0.00000229. The van der Waals surface area contributed by atoms with Crippen molar-refractivity contribution >= 4 is 5.78 Å². The fourth-order valence-electron chi connectivity index (χ4n) is 2.92. The average Bonchev–Trinajstić information content (AvgIpc) is 3.23. The number of Topliss-reactive ketones (excluding diaryl/α,β-unsaturated/α-hetero) is 1. The van der Waals surface area contributed by atoms with E-state index in [4.69, 9.17) is 12.8 Å². The minimum absolute atomic E-state index is 0.232. The molecule has 1 aliphatic rings. The fraction of sp³-hybridized carbons (Fsp3) is 0.105. The van der Waals surface area contributed by atoms with Crippen LogP contribution in [0.3, 0.4) is 0 Å². The molecule has 0 unspecified atom stereocenters. The third-order valence-electron chi connectivity index (χ3n) is 5.27. The monoisotopic (exact) mass is 718 g/mol. The summed E-state index contributed by atoms with van der Waals surface area (Å²) in [6, 6.07) is 0. The Morgan fingerprint density at radius 3 is 0.724 bits per heavy atom. The first-order valence-electron chi connectivity index (χ1n) is 15.8. The summed E-state index contributed by atoms with van der Waals surface area (Å²) < 4.78 is 0. The Hall–Kier alpha value is -11.0. The first-order valence-corrected chi connectivity index (χ1v) is 15.8. The minimum Gasteiger partial charge on any atom is -0.295 e. The third-order valence-corrected chi connectivity index (χ3v) is 5.27. The molecule has 0 amide bonds. The van der Waals surface area contributed by atoms with Crippen LogP contribution in [0.2, 0.25) is 0 Å². The highest BCUT2D eigenvalue weighted by atomic mass is 16.1. The summed E-state index contributed by atoms with van der Waals surface area (Å²) in [6.07, 6.45) is 15.0. The van der Waals surface area contributed by atoms with Gasteiger partial charge < -0.3 is 0 Å². The summed E-state index contributed by atoms with van der Waals surface area (Å²) in [4.78, 5) is 11.0. The lowest BCUT2D eigenvalue weighted by molar-refractivity contribution is -0.113. The summed E-state index contributed by atoms with van der Waals surface area (Å²) in [5.41, 5.74) is 2.25. The Kier molecular flexibility index (Phi) is 31.5. The predicted molar refractivity (Wildman–Crippen MR) is 232 cm³/mol. The van der Waals surface area contributed by atoms with Gasteiger partial charge in [0.2, 0.25) is 0 Å². The predicted octanol–water partition coefficient (Wildman–Crippen LogP) is 3.20. The molecule has 0 saturated carbocycles. The van der Waals surface area contributed by atoms with Crippen LogP contribution in [0.15, 0.2) is 23.8 Å². The van der Waals surface area contributed by atoms with Gasteiger partial charge in [0.15, 0.2) is 5.78 Å². The van der Waals surface area contributed by atoms with Crippen LogP contribution < -0.4 is 0 Å². The second-order valence-corrected chi connectivity index (χ2v) is 9.14. The number of allylic oxidation sites excluding steroid dienone is 3. The van der Waals surface area contributed by atoms with Crippen molar-refractivity contribution in [2.75, 3.05) is 0 Å². The van der Waals surface area contributed by atoms with Crippen molar-refractivity contribution in [3.8, 4) is 273 Å². The van der Waals surface area contributed by atoms with E-state index in [0.717, 1.165) is 24.8 Å². The topological polar surface area (TPSA) is 17.1 Å². The zero-order valence-corrected chi connectivity index (χ0v) is 31.0. The Labute approximate surface area is 345 Å². The van der Waals surface area contributed by atoms with Crippen molar-refractivity contribution in [3.05, 3.63) is 23.8 Å². The quantitative estimate of drug-likeness (QED) is 0.317. The SMILES string of the molecule is C#CC#CC#CC#CC#CC#CC#CC#CC#CC#CC#CC#CC#CC#CC#CC#CC#CC#CC#CC#CC#CC#CC#C.C=C(C)[C@@H]1CC=C(C(C)=O)CC1. The van der Waals surface area contributed by atoms with Crippen molar-refractivity contribution in [2.24, 2.45) is 5.92 Å². The smallest absolute Gasteiger partial charge is 0.155 e. The molecule has 252 valence electrons. The molecule has 0 aromatic rings. The molecule has 0 heterocycles. The molecular weight excluding hydrogens is 701 g/mol. The molecule has 1 atom stereocenters. The number of carbonyl (C=O) groups is 1. The number of ketones is 1. The maximum atomic E-state index is 11.0. The second kappa shape index (κ2) is 38.8. The molecule has 0 aromatic carbocycles. The molecule has 58 heavy (non-hydrogen) atoms. The van der Waals surface area contributed by atoms with Crippen LogP contribution in [0.1, 0.15) is 33.1 Å². The maximum absolute atomic E-state index is 11.0. The van der Waals surface area contributed by atoms with Crippen molar-refractivity contribution in [1.82, 2.24) is 0 Å². The van der Waals surface area contributed by atoms with Crippen LogP contribution >= 0.6 is 0 Å². The van der Waals surface area contributed by atoms with Crippen molar-refractivity contribution < 1.29 is 4.79 Å². The highest BCUT2D eigenvalue weighted by Crippen LogP contribution is 2.28. The number of hydrogen-bond donors (Lipinski definition) is 0. The number of hydrogen-bond acceptors (Lipinski definition) is 1. The van der Waals surface area contributed by atoms with Gasteiger partial charge in [-0.3, -0.25) is 4.79 Å². The molecule has 0 bridgehead atoms. The highest BCUT2D eigenvalue weighted by Gasteiger charge is 2.16. The van der Waals surface area contributed by atoms with Gasteiger partial charge in [0.05, 0.1) is 0 Å². The maximum Gasteiger partial charge on any atom is 0.155 e. The highest BCUT2D eigenvalue weighted by molar-refractivity contribution is 5.93. The molecule has 1 heteroatoms. The Bertz CT molecular complexity index is 3030. The van der Waals surface area contributed by atoms with Crippen molar-refractivity contribution in [3.63, 3.8) is 0 Å². The average molecular weight is 719 g/mol. The molecule has 1 aliphatic carbocycles. The van der Waals surface area contributed by atoms with Crippen LogP contribution in [0.5, 0.6) is 0 Å². The number of terminal acetylenes is 2. The molecular formula is C57H18O. The van der Waals surface area contributed by atoms with E-state index in [1.807, 2.05) is 0 Å². The lowest BCUT2D eigenvalue weighted by Crippen LogP contribution is -2.09. The minimum atomic E-state index is 0.232. The molecule has 0 aliphatic heterocycles. The molecule has 1 nitrogen and oxygen atoms in total. The van der Waals surface area contributed by atoms with Crippen molar-refractivity contribution in [2.45, 2.75) is 33.1 Å². The van der Waals surface area contributed by atoms with E-state index in [1.165, 1.54) is 5.57 Å². The zero-order chi connectivity index (χ0) is 42.3. The largest absolute Gasteiger partial charge is 0.295 e. The van der Waals surface area contributed by atoms with Gasteiger partial charge in [-0.05, 0) is 139 Å². The van der Waals surface area contributed by atoms with E-state index in [-0.39, 0.29) is 5.78 Å². The zero-order valence-electron chi connectivity index (χ0n) is 31.0. The Morgan fingerprint density at radius 1 is 0.414 bits per heavy atom. The van der Waals surface area contributed by atoms with Crippen LogP contribution in [-0.2, 0) is 4.79 Å². The summed E-state index contributed by atoms with van der Waals surface area (Å²) in [7, 11) is 0. The molecule has 0 radical (unpaired) electrons. The van der Waals surface area contributed by atoms with E-state index >= 15 is 0 Å². The van der Waals surface area contributed by atoms with Gasteiger partial charge in [0.25, 0.3) is 0 Å². The standard InChI is InChI=1S/C46H2.C11H16O/c1-3-5-7-9-11-13-15-17-19-21-23-25-27-29-31-33-35-37-39-41-43-45-46-44-42-40-38-36-34-32-30-28-26-24-22-20-18-16-14-12-10-8-6-4-2;1-8(2)10-4-6-11(7-5-10)9(3)12/h1-2H;6,10H,1,4-5,7H2,2-3H3/t;10-/m.1/s1. The molecule has 0 saturated heterocycles. The number of carbonyl (C=O) groups excluding carboxylic acids is 1. The van der Waals surface area contributed by atoms with Crippen LogP contribution in [0.25, 0.3) is 0 Å². The summed E-state index contributed by atoms with van der Waals surface area (Å²) >= 11 is 0. The van der Waals surface area contributed by atoms with Gasteiger partial charge in [-0.2, -0.15) is 0 Å². The first kappa shape index (κ1) is 47.0. The lowest BCUT2D eigenvalue weighted by Gasteiger charge is -2.20. The second-order valence-electron chi connectivity index (χ2n) is 9.14. The van der Waals surface area contributed by atoms with E-state index in [2.05, 4.69) is 280 Å². The van der Waals surface area contributed by atoms with E-state index in [0.29, 0.717) is 5.92 Å². The lowest BCUT2D eigenvalue weighted by atomic mass is 9.84. The summed E-state index contributed by atoms with van der Waals surface area (Å²) in [5, 5.41) is 0. The van der Waals surface area contributed by atoms with Gasteiger partial charge in [0, 0.05) is 166 Å². The van der Waals surface area contributed by atoms with Gasteiger partial charge >= 0.3 is 0 Å². The van der Waals surface area contributed by atoms with Gasteiger partial charge in [0.1, 0.15) is 0 Å². The molecule has 0 aromatic heterocycles. The first-order chi connectivity index (χ1) is 28.5.